The molecule has 6 nitrogen and oxygen atoms in total. The fraction of sp³-hybridized carbons (Fsp3) is 0.100. The van der Waals surface area contributed by atoms with Crippen molar-refractivity contribution in [1.29, 1.82) is 0 Å². The van der Waals surface area contributed by atoms with E-state index in [0.717, 1.165) is 0 Å². The SMILES string of the molecule is CC(=CC(=O)c1c(O)c2ccccc2n(C)c1=O)Nc1ccc(O)cc1. The van der Waals surface area contributed by atoms with Gasteiger partial charge in [-0.3, -0.25) is 9.59 Å². The van der Waals surface area contributed by atoms with Crippen molar-refractivity contribution in [1.82, 2.24) is 4.57 Å². The van der Waals surface area contributed by atoms with Crippen molar-refractivity contribution >= 4 is 22.4 Å². The second-order valence-electron chi connectivity index (χ2n) is 5.97. The maximum absolute atomic E-state index is 12.6. The van der Waals surface area contributed by atoms with Crippen LogP contribution in [0.25, 0.3) is 10.9 Å². The number of aromatic hydroxyl groups is 2. The number of pyridine rings is 1. The topological polar surface area (TPSA) is 91.6 Å². The van der Waals surface area contributed by atoms with Gasteiger partial charge in [0, 0.05) is 29.9 Å². The molecule has 26 heavy (non-hydrogen) atoms. The van der Waals surface area contributed by atoms with E-state index in [0.29, 0.717) is 22.3 Å². The number of rotatable bonds is 4. The minimum atomic E-state index is -0.586. The predicted molar refractivity (Wildman–Crippen MR) is 101 cm³/mol. The molecule has 132 valence electrons. The lowest BCUT2D eigenvalue weighted by Gasteiger charge is -2.11. The molecule has 2 aromatic carbocycles. The van der Waals surface area contributed by atoms with Gasteiger partial charge in [0.25, 0.3) is 5.56 Å². The van der Waals surface area contributed by atoms with E-state index >= 15 is 0 Å². The lowest BCUT2D eigenvalue weighted by atomic mass is 10.1. The summed E-state index contributed by atoms with van der Waals surface area (Å²) in [6.45, 7) is 1.67. The van der Waals surface area contributed by atoms with Crippen molar-refractivity contribution in [3.05, 3.63) is 76.2 Å². The summed E-state index contributed by atoms with van der Waals surface area (Å²) in [5.74, 6) is -0.766. The average Bonchev–Trinajstić information content (AvgIpc) is 2.62. The highest BCUT2D eigenvalue weighted by molar-refractivity contribution is 6.09. The summed E-state index contributed by atoms with van der Waals surface area (Å²) in [7, 11) is 1.56. The molecule has 1 heterocycles. The van der Waals surface area contributed by atoms with Crippen molar-refractivity contribution in [2.24, 2.45) is 7.05 Å². The number of aromatic nitrogens is 1. The molecule has 0 amide bonds. The van der Waals surface area contributed by atoms with E-state index < -0.39 is 11.3 Å². The molecule has 0 aliphatic rings. The highest BCUT2D eigenvalue weighted by atomic mass is 16.3. The van der Waals surface area contributed by atoms with E-state index in [2.05, 4.69) is 5.32 Å². The molecular formula is C20H18N2O4. The number of fused-ring (bicyclic) bond motifs is 1. The highest BCUT2D eigenvalue weighted by Crippen LogP contribution is 2.26. The summed E-state index contributed by atoms with van der Waals surface area (Å²) >= 11 is 0. The molecule has 0 unspecified atom stereocenters. The number of allylic oxidation sites excluding steroid dienone is 2. The number of hydrogen-bond acceptors (Lipinski definition) is 5. The third kappa shape index (κ3) is 3.17. The molecule has 0 aliphatic heterocycles. The molecule has 3 aromatic rings. The second kappa shape index (κ2) is 6.76. The minimum absolute atomic E-state index is 0.137. The van der Waals surface area contributed by atoms with Crippen LogP contribution in [0.2, 0.25) is 0 Å². The van der Waals surface area contributed by atoms with E-state index in [1.54, 1.807) is 50.4 Å². The lowest BCUT2D eigenvalue weighted by molar-refractivity contribution is 0.104. The number of nitrogens with zero attached hydrogens (tertiary/aromatic N) is 1. The van der Waals surface area contributed by atoms with Crippen LogP contribution < -0.4 is 10.9 Å². The van der Waals surface area contributed by atoms with Crippen LogP contribution in [0.15, 0.2) is 65.1 Å². The van der Waals surface area contributed by atoms with Crippen LogP contribution in [0.5, 0.6) is 11.5 Å². The van der Waals surface area contributed by atoms with Crippen LogP contribution in [0, 0.1) is 0 Å². The first-order chi connectivity index (χ1) is 12.4. The Bertz CT molecular complexity index is 1080. The number of aryl methyl sites for hydroxylation is 1. The van der Waals surface area contributed by atoms with Crippen molar-refractivity contribution < 1.29 is 15.0 Å². The van der Waals surface area contributed by atoms with Gasteiger partial charge in [-0.2, -0.15) is 0 Å². The number of phenolic OH excluding ortho intramolecular Hbond substituents is 1. The zero-order valence-corrected chi connectivity index (χ0v) is 14.4. The highest BCUT2D eigenvalue weighted by Gasteiger charge is 2.19. The molecule has 3 N–H and O–H groups in total. The third-order valence-electron chi connectivity index (χ3n) is 4.08. The summed E-state index contributed by atoms with van der Waals surface area (Å²) in [4.78, 5) is 25.1. The third-order valence-corrected chi connectivity index (χ3v) is 4.08. The maximum Gasteiger partial charge on any atom is 0.265 e. The fourth-order valence-electron chi connectivity index (χ4n) is 2.78. The Balaban J connectivity index is 1.99. The minimum Gasteiger partial charge on any atom is -0.508 e. The Hall–Kier alpha value is -3.54. The number of phenols is 1. The van der Waals surface area contributed by atoms with Gasteiger partial charge in [0.1, 0.15) is 17.1 Å². The van der Waals surface area contributed by atoms with Gasteiger partial charge in [-0.15, -0.1) is 0 Å². The smallest absolute Gasteiger partial charge is 0.265 e. The molecule has 0 aliphatic carbocycles. The molecule has 1 aromatic heterocycles. The van der Waals surface area contributed by atoms with Gasteiger partial charge in [0.15, 0.2) is 5.78 Å². The summed E-state index contributed by atoms with van der Waals surface area (Å²) in [6, 6.07) is 13.2. The number of hydrogen-bond donors (Lipinski definition) is 3. The van der Waals surface area contributed by atoms with Gasteiger partial charge in [-0.1, -0.05) is 12.1 Å². The molecular weight excluding hydrogens is 332 g/mol. The first-order valence-electron chi connectivity index (χ1n) is 7.98. The van der Waals surface area contributed by atoms with Crippen LogP contribution in [0.3, 0.4) is 0 Å². The van der Waals surface area contributed by atoms with E-state index in [-0.39, 0.29) is 17.1 Å². The number of benzene rings is 2. The van der Waals surface area contributed by atoms with Crippen LogP contribution >= 0.6 is 0 Å². The van der Waals surface area contributed by atoms with E-state index in [1.165, 1.54) is 22.8 Å². The Morgan fingerprint density at radius 3 is 2.42 bits per heavy atom. The molecule has 3 rings (SSSR count). The van der Waals surface area contributed by atoms with E-state index in [4.69, 9.17) is 0 Å². The van der Waals surface area contributed by atoms with Crippen LogP contribution in [0.4, 0.5) is 5.69 Å². The average molecular weight is 350 g/mol. The monoisotopic (exact) mass is 350 g/mol. The summed E-state index contributed by atoms with van der Waals surface area (Å²) < 4.78 is 1.35. The van der Waals surface area contributed by atoms with Gasteiger partial charge < -0.3 is 20.1 Å². The molecule has 0 fully saturated rings. The summed E-state index contributed by atoms with van der Waals surface area (Å²) in [5, 5.41) is 23.2. The van der Waals surface area contributed by atoms with Gasteiger partial charge in [0.2, 0.25) is 0 Å². The van der Waals surface area contributed by atoms with Crippen molar-refractivity contribution in [3.63, 3.8) is 0 Å². The van der Waals surface area contributed by atoms with Gasteiger partial charge in [0.05, 0.1) is 5.52 Å². The van der Waals surface area contributed by atoms with Crippen molar-refractivity contribution in [2.75, 3.05) is 5.32 Å². The number of para-hydroxylation sites is 1. The van der Waals surface area contributed by atoms with Crippen LogP contribution in [0.1, 0.15) is 17.3 Å². The Labute approximate surface area is 149 Å². The summed E-state index contributed by atoms with van der Waals surface area (Å²) in [6.07, 6.45) is 1.26. The molecule has 0 saturated carbocycles. The van der Waals surface area contributed by atoms with Crippen molar-refractivity contribution in [3.8, 4) is 11.5 Å². The number of nitrogens with one attached hydrogen (secondary N) is 1. The largest absolute Gasteiger partial charge is 0.508 e. The fourth-order valence-corrected chi connectivity index (χ4v) is 2.78. The molecule has 0 bridgehead atoms. The van der Waals surface area contributed by atoms with Gasteiger partial charge in [-0.05, 0) is 43.3 Å². The standard InChI is InChI=1S/C20H18N2O4/c1-12(21-13-7-9-14(23)10-8-13)11-17(24)18-19(25)15-5-3-4-6-16(15)22(2)20(18)26/h3-11,21,23,25H,1-2H3. The first-order valence-corrected chi connectivity index (χ1v) is 7.98. The van der Waals surface area contributed by atoms with E-state index in [9.17, 15) is 19.8 Å². The second-order valence-corrected chi connectivity index (χ2v) is 5.97. The number of ketones is 1. The Morgan fingerprint density at radius 1 is 1.08 bits per heavy atom. The van der Waals surface area contributed by atoms with Crippen LogP contribution in [-0.4, -0.2) is 20.6 Å². The van der Waals surface area contributed by atoms with E-state index in [1.807, 2.05) is 0 Å². The van der Waals surface area contributed by atoms with Crippen LogP contribution in [-0.2, 0) is 7.05 Å². The number of carbonyl (C=O) groups excluding carboxylic acids is 1. The predicted octanol–water partition coefficient (Wildman–Crippen LogP) is 3.15. The normalized spacial score (nSPS) is 11.5. The molecule has 0 spiro atoms. The van der Waals surface area contributed by atoms with Gasteiger partial charge in [-0.25, -0.2) is 0 Å². The number of anilines is 1. The van der Waals surface area contributed by atoms with Gasteiger partial charge >= 0.3 is 0 Å². The quantitative estimate of drug-likeness (QED) is 0.382. The molecule has 0 radical (unpaired) electrons. The number of carbonyl (C=O) groups is 1. The first kappa shape index (κ1) is 17.3. The lowest BCUT2D eigenvalue weighted by Crippen LogP contribution is -2.24. The zero-order chi connectivity index (χ0) is 18.8. The summed E-state index contributed by atoms with van der Waals surface area (Å²) in [5.41, 5.74) is 0.905. The zero-order valence-electron chi connectivity index (χ0n) is 14.4. The Kier molecular flexibility index (Phi) is 4.49. The molecule has 0 saturated heterocycles. The molecule has 6 heteroatoms. The van der Waals surface area contributed by atoms with Crippen molar-refractivity contribution in [2.45, 2.75) is 6.92 Å². The Morgan fingerprint density at radius 2 is 1.73 bits per heavy atom. The molecule has 0 atom stereocenters. The maximum atomic E-state index is 12.6.